The molecule has 6 heteroatoms. The van der Waals surface area contributed by atoms with Crippen molar-refractivity contribution < 1.29 is 18.4 Å². The zero-order valence-electron chi connectivity index (χ0n) is 16.9. The van der Waals surface area contributed by atoms with Crippen LogP contribution in [0.3, 0.4) is 0 Å². The van der Waals surface area contributed by atoms with Crippen LogP contribution in [-0.4, -0.2) is 42.9 Å². The molecular weight excluding hydrogens is 371 g/mol. The van der Waals surface area contributed by atoms with Gasteiger partial charge >= 0.3 is 0 Å². The maximum Gasteiger partial charge on any atom is 0.161 e. The van der Waals surface area contributed by atoms with Gasteiger partial charge in [0, 0.05) is 23.4 Å². The van der Waals surface area contributed by atoms with Crippen LogP contribution in [0.4, 0.5) is 4.39 Å². The van der Waals surface area contributed by atoms with Gasteiger partial charge in [-0.05, 0) is 69.6 Å². The summed E-state index contributed by atoms with van der Waals surface area (Å²) in [5, 5.41) is 4.97. The van der Waals surface area contributed by atoms with Crippen molar-refractivity contribution >= 4 is 10.9 Å². The van der Waals surface area contributed by atoms with Crippen molar-refractivity contribution in [3.05, 3.63) is 54.0 Å². The molecule has 1 aliphatic rings. The lowest BCUT2D eigenvalue weighted by Gasteiger charge is -2.35. The van der Waals surface area contributed by atoms with Gasteiger partial charge in [0.15, 0.2) is 11.5 Å². The first-order valence-electron chi connectivity index (χ1n) is 10.1. The molecule has 2 heterocycles. The van der Waals surface area contributed by atoms with Crippen molar-refractivity contribution in [2.45, 2.75) is 38.1 Å². The Labute approximate surface area is 170 Å². The number of nitrogens with zero attached hydrogens (tertiary/aromatic N) is 2. The fraction of sp³-hybridized carbons (Fsp3) is 0.435. The molecule has 0 spiro atoms. The van der Waals surface area contributed by atoms with Crippen molar-refractivity contribution in [2.75, 3.05) is 26.8 Å². The van der Waals surface area contributed by atoms with Gasteiger partial charge in [0.05, 0.1) is 13.7 Å². The number of benzene rings is 2. The number of hydrogen-bond donors (Lipinski definition) is 0. The molecule has 5 nitrogen and oxygen atoms in total. The van der Waals surface area contributed by atoms with Gasteiger partial charge in [-0.3, -0.25) is 0 Å². The lowest BCUT2D eigenvalue weighted by Crippen LogP contribution is -2.40. The summed E-state index contributed by atoms with van der Waals surface area (Å²) in [7, 11) is 1.64. The summed E-state index contributed by atoms with van der Waals surface area (Å²) < 4.78 is 30.1. The zero-order chi connectivity index (χ0) is 20.2. The highest BCUT2D eigenvalue weighted by Gasteiger charge is 2.27. The second-order valence-electron chi connectivity index (χ2n) is 7.58. The highest BCUT2D eigenvalue weighted by Crippen LogP contribution is 2.34. The number of fused-ring (bicyclic) bond motifs is 1. The van der Waals surface area contributed by atoms with Gasteiger partial charge in [0.25, 0.3) is 0 Å². The Kier molecular flexibility index (Phi) is 6.00. The standard InChI is InChI=1S/C23H26FN2O3/c1-16(11-14-28-22-6-4-3-5-21(22)27-2)26-12-9-17(10-13-26)23-19-8-7-18(24)15-20(19)25-29-23/h4-8,15-17H,9-14H2,1-2H3. The Morgan fingerprint density at radius 3 is 2.90 bits per heavy atom. The fourth-order valence-corrected chi connectivity index (χ4v) is 4.03. The van der Waals surface area contributed by atoms with Crippen molar-refractivity contribution in [3.8, 4) is 11.5 Å². The number of likely N-dealkylation sites (tertiary alicyclic amines) is 1. The van der Waals surface area contributed by atoms with Gasteiger partial charge < -0.3 is 18.9 Å². The molecule has 0 N–H and O–H groups in total. The number of aromatic nitrogens is 1. The third kappa shape index (κ3) is 4.37. The van der Waals surface area contributed by atoms with Gasteiger partial charge in [-0.25, -0.2) is 4.39 Å². The lowest BCUT2D eigenvalue weighted by molar-refractivity contribution is 0.133. The van der Waals surface area contributed by atoms with Crippen LogP contribution >= 0.6 is 0 Å². The molecule has 29 heavy (non-hydrogen) atoms. The maximum absolute atomic E-state index is 13.4. The number of rotatable bonds is 7. The third-order valence-electron chi connectivity index (χ3n) is 5.79. The molecule has 4 rings (SSSR count). The first kappa shape index (κ1) is 19.7. The largest absolute Gasteiger partial charge is 0.493 e. The summed E-state index contributed by atoms with van der Waals surface area (Å²) in [4.78, 5) is 2.49. The van der Waals surface area contributed by atoms with Gasteiger partial charge in [-0.2, -0.15) is 0 Å². The molecular formula is C23H26FN2O3. The van der Waals surface area contributed by atoms with E-state index in [9.17, 15) is 4.39 Å². The first-order chi connectivity index (χ1) is 14.2. The Hall–Kier alpha value is -2.60. The molecule has 1 atom stereocenters. The van der Waals surface area contributed by atoms with Crippen LogP contribution in [-0.2, 0) is 0 Å². The van der Waals surface area contributed by atoms with Crippen molar-refractivity contribution in [1.29, 1.82) is 0 Å². The van der Waals surface area contributed by atoms with Crippen LogP contribution in [0.1, 0.15) is 37.9 Å². The Morgan fingerprint density at radius 1 is 1.28 bits per heavy atom. The van der Waals surface area contributed by atoms with E-state index >= 15 is 0 Å². The second-order valence-corrected chi connectivity index (χ2v) is 7.58. The topological polar surface area (TPSA) is 47.7 Å². The van der Waals surface area contributed by atoms with Crippen molar-refractivity contribution in [2.24, 2.45) is 0 Å². The van der Waals surface area contributed by atoms with E-state index in [0.717, 1.165) is 49.2 Å². The average molecular weight is 397 g/mol. The maximum atomic E-state index is 13.4. The summed E-state index contributed by atoms with van der Waals surface area (Å²) in [5.41, 5.74) is 0.599. The molecule has 0 amide bonds. The quantitative estimate of drug-likeness (QED) is 0.572. The van der Waals surface area contributed by atoms with E-state index in [2.05, 4.69) is 23.0 Å². The summed E-state index contributed by atoms with van der Waals surface area (Å²) >= 11 is 0. The number of ether oxygens (including phenoxy) is 2. The fourth-order valence-electron chi connectivity index (χ4n) is 4.03. The molecule has 1 fully saturated rings. The minimum atomic E-state index is -0.283. The Bertz CT molecular complexity index is 950. The molecule has 1 unspecified atom stereocenters. The monoisotopic (exact) mass is 397 g/mol. The molecule has 1 radical (unpaired) electrons. The predicted octanol–water partition coefficient (Wildman–Crippen LogP) is 4.81. The van der Waals surface area contributed by atoms with E-state index < -0.39 is 0 Å². The van der Waals surface area contributed by atoms with E-state index in [1.54, 1.807) is 19.2 Å². The van der Waals surface area contributed by atoms with E-state index in [4.69, 9.17) is 14.0 Å². The molecule has 153 valence electrons. The number of methoxy groups -OCH3 is 1. The second kappa shape index (κ2) is 8.82. The van der Waals surface area contributed by atoms with E-state index in [0.29, 0.717) is 29.8 Å². The van der Waals surface area contributed by atoms with E-state index in [-0.39, 0.29) is 5.82 Å². The van der Waals surface area contributed by atoms with Crippen LogP contribution in [0.5, 0.6) is 11.5 Å². The van der Waals surface area contributed by atoms with Crippen molar-refractivity contribution in [3.63, 3.8) is 0 Å². The molecule has 2 aromatic carbocycles. The van der Waals surface area contributed by atoms with E-state index in [1.807, 2.05) is 12.1 Å². The van der Waals surface area contributed by atoms with Gasteiger partial charge in [0.2, 0.25) is 0 Å². The Morgan fingerprint density at radius 2 is 2.10 bits per heavy atom. The third-order valence-corrected chi connectivity index (χ3v) is 5.79. The molecule has 3 aromatic rings. The summed E-state index contributed by atoms with van der Waals surface area (Å²) in [6, 6.07) is 13.6. The van der Waals surface area contributed by atoms with Gasteiger partial charge in [-0.1, -0.05) is 11.2 Å². The predicted molar refractivity (Wildman–Crippen MR) is 109 cm³/mol. The van der Waals surface area contributed by atoms with Crippen LogP contribution in [0.15, 0.2) is 40.9 Å². The molecule has 1 saturated heterocycles. The first-order valence-corrected chi connectivity index (χ1v) is 10.1. The summed E-state index contributed by atoms with van der Waals surface area (Å²) in [6.07, 6.45) is 2.96. The van der Waals surface area contributed by atoms with E-state index in [1.165, 1.54) is 12.1 Å². The van der Waals surface area contributed by atoms with Crippen LogP contribution in [0.25, 0.3) is 10.9 Å². The van der Waals surface area contributed by atoms with Crippen LogP contribution in [0.2, 0.25) is 0 Å². The molecule has 0 aliphatic carbocycles. The number of halogens is 1. The zero-order valence-corrected chi connectivity index (χ0v) is 16.9. The lowest BCUT2D eigenvalue weighted by atomic mass is 9.91. The average Bonchev–Trinajstić information content (AvgIpc) is 3.17. The molecule has 1 aromatic heterocycles. The normalized spacial score (nSPS) is 16.8. The van der Waals surface area contributed by atoms with Gasteiger partial charge in [0.1, 0.15) is 17.1 Å². The number of piperidine rings is 1. The SMILES string of the molecule is COc1c[c]ccc1OCCC(C)N1CCC(c2onc3cc(F)ccc23)CC1. The van der Waals surface area contributed by atoms with Crippen LogP contribution < -0.4 is 9.47 Å². The molecule has 0 saturated carbocycles. The van der Waals surface area contributed by atoms with Crippen molar-refractivity contribution in [1.82, 2.24) is 10.1 Å². The minimum Gasteiger partial charge on any atom is -0.493 e. The minimum absolute atomic E-state index is 0.283. The Balaban J connectivity index is 1.28. The molecule has 1 aliphatic heterocycles. The summed E-state index contributed by atoms with van der Waals surface area (Å²) in [6.45, 7) is 4.88. The smallest absolute Gasteiger partial charge is 0.161 e. The van der Waals surface area contributed by atoms with Gasteiger partial charge in [-0.15, -0.1) is 0 Å². The number of hydrogen-bond acceptors (Lipinski definition) is 5. The highest BCUT2D eigenvalue weighted by atomic mass is 19.1. The summed E-state index contributed by atoms with van der Waals surface area (Å²) in [5.74, 6) is 2.40. The molecule has 0 bridgehead atoms. The van der Waals surface area contributed by atoms with Crippen LogP contribution in [0, 0.1) is 11.9 Å². The highest BCUT2D eigenvalue weighted by molar-refractivity contribution is 5.80.